The summed E-state index contributed by atoms with van der Waals surface area (Å²) in [6, 6.07) is 21.5. The Balaban J connectivity index is 1.52. The summed E-state index contributed by atoms with van der Waals surface area (Å²) in [7, 11) is 0. The van der Waals surface area contributed by atoms with E-state index in [1.165, 1.54) is 17.7 Å². The Morgan fingerprint density at radius 3 is 2.76 bits per heavy atom. The number of hydrogen-bond acceptors (Lipinski definition) is 6. The average Bonchev–Trinajstić information content (AvgIpc) is 3.38. The molecule has 8 nitrogen and oxygen atoms in total. The topological polar surface area (TPSA) is 88.9 Å². The molecule has 0 spiro atoms. The second-order valence-corrected chi connectivity index (χ2v) is 9.39. The Hall–Kier alpha value is -4.53. The number of pyridine rings is 1. The van der Waals surface area contributed by atoms with Crippen molar-refractivity contribution in [3.05, 3.63) is 111 Å². The fourth-order valence-corrected chi connectivity index (χ4v) is 5.22. The van der Waals surface area contributed by atoms with Gasteiger partial charge in [0.25, 0.3) is 5.56 Å². The lowest BCUT2D eigenvalue weighted by Crippen LogP contribution is -2.38. The van der Waals surface area contributed by atoms with E-state index < -0.39 is 6.04 Å². The molecule has 6 rings (SSSR count). The first-order valence-electron chi connectivity index (χ1n) is 12.8. The zero-order valence-electron chi connectivity index (χ0n) is 21.0. The lowest BCUT2D eigenvalue weighted by Gasteiger charge is -2.37. The van der Waals surface area contributed by atoms with Crippen molar-refractivity contribution in [2.24, 2.45) is 0 Å². The van der Waals surface area contributed by atoms with Crippen molar-refractivity contribution in [2.75, 3.05) is 18.1 Å². The third-order valence-electron chi connectivity index (χ3n) is 6.96. The van der Waals surface area contributed by atoms with Gasteiger partial charge in [-0.3, -0.25) is 4.79 Å². The van der Waals surface area contributed by atoms with Gasteiger partial charge in [-0.15, -0.1) is 5.10 Å². The number of para-hydroxylation sites is 1. The molecule has 0 saturated carbocycles. The first kappa shape index (κ1) is 23.8. The number of rotatable bonds is 7. The summed E-state index contributed by atoms with van der Waals surface area (Å²) in [4.78, 5) is 18.9. The van der Waals surface area contributed by atoms with E-state index >= 15 is 0 Å². The van der Waals surface area contributed by atoms with Gasteiger partial charge in [0, 0.05) is 28.7 Å². The van der Waals surface area contributed by atoms with Crippen LogP contribution >= 0.6 is 0 Å². The van der Waals surface area contributed by atoms with Crippen LogP contribution in [0, 0.1) is 5.82 Å². The Morgan fingerprint density at radius 1 is 1.08 bits per heavy atom. The minimum absolute atomic E-state index is 0.203. The normalized spacial score (nSPS) is 13.9. The predicted molar refractivity (Wildman–Crippen MR) is 143 cm³/mol. The summed E-state index contributed by atoms with van der Waals surface area (Å²) < 4.78 is 20.9. The van der Waals surface area contributed by atoms with Crippen LogP contribution in [0.2, 0.25) is 0 Å². The Bertz CT molecular complexity index is 1650. The van der Waals surface area contributed by atoms with Gasteiger partial charge in [0.2, 0.25) is 0 Å². The van der Waals surface area contributed by atoms with Crippen molar-refractivity contribution in [1.29, 1.82) is 0 Å². The van der Waals surface area contributed by atoms with E-state index in [1.54, 1.807) is 16.8 Å². The highest BCUT2D eigenvalue weighted by atomic mass is 19.1. The number of aromatic amines is 1. The standard InChI is InChI=1S/C29H27FN6O2/c1-2-38-23-13-14-25-21(16-23)17-24(29(37)31-25)27(35-15-5-7-20-6-3-4-8-26(20)35)28-32-33-34-36(28)18-19-9-11-22(30)12-10-19/h3-4,6,8-14,16-17,27H,2,5,7,15,18H2,1H3,(H,31,37). The highest BCUT2D eigenvalue weighted by molar-refractivity contribution is 5.81. The monoisotopic (exact) mass is 510 g/mol. The van der Waals surface area contributed by atoms with Gasteiger partial charge in [0.1, 0.15) is 17.6 Å². The SMILES string of the molecule is CCOc1ccc2[nH]c(=O)c(C(c3nnnn3Cc3ccc(F)cc3)N3CCCc4ccccc43)cc2c1. The number of ether oxygens (including phenoxy) is 1. The number of benzene rings is 3. The number of fused-ring (bicyclic) bond motifs is 2. The van der Waals surface area contributed by atoms with E-state index in [9.17, 15) is 9.18 Å². The van der Waals surface area contributed by atoms with Gasteiger partial charge in [-0.2, -0.15) is 0 Å². The summed E-state index contributed by atoms with van der Waals surface area (Å²) in [5.74, 6) is 0.971. The zero-order valence-corrected chi connectivity index (χ0v) is 21.0. The van der Waals surface area contributed by atoms with E-state index in [-0.39, 0.29) is 11.4 Å². The molecule has 5 aromatic rings. The smallest absolute Gasteiger partial charge is 0.254 e. The van der Waals surface area contributed by atoms with Gasteiger partial charge in [-0.25, -0.2) is 9.07 Å². The van der Waals surface area contributed by atoms with Gasteiger partial charge in [-0.1, -0.05) is 30.3 Å². The number of tetrazole rings is 1. The number of hydrogen-bond donors (Lipinski definition) is 1. The van der Waals surface area contributed by atoms with Crippen LogP contribution in [-0.4, -0.2) is 38.3 Å². The van der Waals surface area contributed by atoms with Gasteiger partial charge < -0.3 is 14.6 Å². The first-order valence-corrected chi connectivity index (χ1v) is 12.8. The maximum Gasteiger partial charge on any atom is 0.254 e. The lowest BCUT2D eigenvalue weighted by molar-refractivity contribution is 0.340. The average molecular weight is 511 g/mol. The van der Waals surface area contributed by atoms with Crippen molar-refractivity contribution < 1.29 is 9.13 Å². The number of nitrogens with one attached hydrogen (secondary N) is 1. The van der Waals surface area contributed by atoms with E-state index in [0.717, 1.165) is 47.3 Å². The Kier molecular flexibility index (Phi) is 6.33. The lowest BCUT2D eigenvalue weighted by atomic mass is 9.96. The van der Waals surface area contributed by atoms with Gasteiger partial charge in [0.15, 0.2) is 5.82 Å². The fraction of sp³-hybridized carbons (Fsp3) is 0.241. The molecule has 1 atom stereocenters. The molecule has 1 N–H and O–H groups in total. The molecule has 0 bridgehead atoms. The van der Waals surface area contributed by atoms with Crippen LogP contribution in [0.25, 0.3) is 10.9 Å². The third-order valence-corrected chi connectivity index (χ3v) is 6.96. The molecule has 0 saturated heterocycles. The van der Waals surface area contributed by atoms with Crippen LogP contribution in [-0.2, 0) is 13.0 Å². The second-order valence-electron chi connectivity index (χ2n) is 9.39. The molecule has 2 aromatic heterocycles. The summed E-state index contributed by atoms with van der Waals surface area (Å²) >= 11 is 0. The minimum atomic E-state index is -0.546. The molecule has 0 amide bonds. The summed E-state index contributed by atoms with van der Waals surface area (Å²) in [5, 5.41) is 13.5. The molecule has 0 radical (unpaired) electrons. The molecule has 38 heavy (non-hydrogen) atoms. The Labute approximate surface area is 218 Å². The molecule has 3 aromatic carbocycles. The van der Waals surface area contributed by atoms with Crippen molar-refractivity contribution in [3.8, 4) is 5.75 Å². The maximum absolute atomic E-state index is 13.6. The van der Waals surface area contributed by atoms with E-state index in [0.29, 0.717) is 24.5 Å². The van der Waals surface area contributed by atoms with E-state index in [2.05, 4.69) is 37.5 Å². The third kappa shape index (κ3) is 4.51. The Morgan fingerprint density at radius 2 is 1.92 bits per heavy atom. The first-order chi connectivity index (χ1) is 18.6. The molecule has 1 aliphatic rings. The van der Waals surface area contributed by atoms with Crippen LogP contribution in [0.5, 0.6) is 5.75 Å². The molecule has 1 aliphatic heterocycles. The highest BCUT2D eigenvalue weighted by Crippen LogP contribution is 2.37. The summed E-state index contributed by atoms with van der Waals surface area (Å²) in [6.45, 7) is 3.57. The van der Waals surface area contributed by atoms with Crippen molar-refractivity contribution >= 4 is 16.6 Å². The maximum atomic E-state index is 13.6. The molecule has 9 heteroatoms. The molecule has 192 valence electrons. The minimum Gasteiger partial charge on any atom is -0.494 e. The quantitative estimate of drug-likeness (QED) is 0.343. The molecule has 3 heterocycles. The highest BCUT2D eigenvalue weighted by Gasteiger charge is 2.33. The van der Waals surface area contributed by atoms with Crippen LogP contribution < -0.4 is 15.2 Å². The van der Waals surface area contributed by atoms with Crippen molar-refractivity contribution in [2.45, 2.75) is 32.4 Å². The fourth-order valence-electron chi connectivity index (χ4n) is 5.22. The number of nitrogens with zero attached hydrogens (tertiary/aromatic N) is 5. The molecule has 0 aliphatic carbocycles. The van der Waals surface area contributed by atoms with E-state index in [1.807, 2.05) is 43.3 Å². The van der Waals surface area contributed by atoms with Gasteiger partial charge in [-0.05, 0) is 83.8 Å². The number of halogens is 1. The number of anilines is 1. The van der Waals surface area contributed by atoms with Crippen LogP contribution in [0.3, 0.4) is 0 Å². The van der Waals surface area contributed by atoms with Crippen LogP contribution in [0.4, 0.5) is 10.1 Å². The largest absolute Gasteiger partial charge is 0.494 e. The predicted octanol–water partition coefficient (Wildman–Crippen LogP) is 4.64. The molecule has 0 fully saturated rings. The van der Waals surface area contributed by atoms with Gasteiger partial charge in [0.05, 0.1) is 13.2 Å². The van der Waals surface area contributed by atoms with Crippen LogP contribution in [0.1, 0.15) is 41.9 Å². The molecular formula is C29H27FN6O2. The second kappa shape index (κ2) is 10.1. The molecule has 1 unspecified atom stereocenters. The van der Waals surface area contributed by atoms with Crippen LogP contribution in [0.15, 0.2) is 77.6 Å². The number of aryl methyl sites for hydroxylation is 1. The summed E-state index contributed by atoms with van der Waals surface area (Å²) in [5.41, 5.74) is 4.20. The summed E-state index contributed by atoms with van der Waals surface area (Å²) in [6.07, 6.45) is 1.90. The zero-order chi connectivity index (χ0) is 26.1. The van der Waals surface area contributed by atoms with E-state index in [4.69, 9.17) is 4.74 Å². The number of aromatic nitrogens is 5. The molecular weight excluding hydrogens is 483 g/mol. The van der Waals surface area contributed by atoms with Gasteiger partial charge >= 0.3 is 0 Å². The van der Waals surface area contributed by atoms with Crippen molar-refractivity contribution in [3.63, 3.8) is 0 Å². The van der Waals surface area contributed by atoms with Crippen molar-refractivity contribution in [1.82, 2.24) is 25.2 Å². The number of H-pyrrole nitrogens is 1.